The van der Waals surface area contributed by atoms with E-state index in [1.54, 1.807) is 17.6 Å². The third-order valence-electron chi connectivity index (χ3n) is 2.22. The molecule has 0 spiro atoms. The maximum atomic E-state index is 9.63. The Labute approximate surface area is 98.1 Å². The first kappa shape index (κ1) is 11.2. The van der Waals surface area contributed by atoms with Crippen molar-refractivity contribution in [2.75, 3.05) is 0 Å². The molecule has 86 valence electrons. The maximum absolute atomic E-state index is 9.63. The molecule has 0 amide bonds. The molecule has 0 bridgehead atoms. The lowest BCUT2D eigenvalue weighted by molar-refractivity contribution is 0.0115. The predicted molar refractivity (Wildman–Crippen MR) is 65.6 cm³/mol. The highest BCUT2D eigenvalue weighted by molar-refractivity contribution is 7.13. The molecular weight excluding hydrogens is 224 g/mol. The van der Waals surface area contributed by atoms with E-state index in [0.717, 1.165) is 16.2 Å². The summed E-state index contributed by atoms with van der Waals surface area (Å²) in [7, 11) is 0. The number of aliphatic imine (C=N–C) groups is 1. The van der Waals surface area contributed by atoms with E-state index in [1.807, 2.05) is 19.9 Å². The molecule has 2 heterocycles. The molecule has 1 aliphatic rings. The number of aryl methyl sites for hydroxylation is 1. The van der Waals surface area contributed by atoms with Gasteiger partial charge in [0.2, 0.25) is 6.29 Å². The smallest absolute Gasteiger partial charge is 0.240 e. The van der Waals surface area contributed by atoms with Gasteiger partial charge in [0.25, 0.3) is 0 Å². The van der Waals surface area contributed by atoms with E-state index in [9.17, 15) is 5.11 Å². The third-order valence-corrected chi connectivity index (χ3v) is 3.26. The zero-order valence-electron chi connectivity index (χ0n) is 9.23. The summed E-state index contributed by atoms with van der Waals surface area (Å²) in [5, 5.41) is 9.63. The zero-order chi connectivity index (χ0) is 11.7. The number of aliphatic hydroxyl groups excluding tert-OH is 1. The Hall–Kier alpha value is -1.33. The van der Waals surface area contributed by atoms with Gasteiger partial charge in [-0.1, -0.05) is 6.92 Å². The van der Waals surface area contributed by atoms with Crippen molar-refractivity contribution in [2.45, 2.75) is 26.6 Å². The highest BCUT2D eigenvalue weighted by Crippen LogP contribution is 2.40. The van der Waals surface area contributed by atoms with Crippen LogP contribution in [0.1, 0.15) is 23.1 Å². The minimum absolute atomic E-state index is 0.277. The minimum atomic E-state index is -1.09. The minimum Gasteiger partial charge on any atom is -0.458 e. The van der Waals surface area contributed by atoms with Crippen molar-refractivity contribution < 1.29 is 9.84 Å². The molecule has 0 saturated carbocycles. The van der Waals surface area contributed by atoms with E-state index in [1.165, 1.54) is 0 Å². The second-order valence-electron chi connectivity index (χ2n) is 3.54. The molecule has 0 radical (unpaired) electrons. The van der Waals surface area contributed by atoms with Gasteiger partial charge in [-0.15, -0.1) is 11.3 Å². The van der Waals surface area contributed by atoms with Gasteiger partial charge in [-0.25, -0.2) is 0 Å². The predicted octanol–water partition coefficient (Wildman–Crippen LogP) is 1.88. The molecule has 3 N–H and O–H groups in total. The Morgan fingerprint density at radius 3 is 3.12 bits per heavy atom. The first-order valence-electron chi connectivity index (χ1n) is 5.11. The second-order valence-corrected chi connectivity index (χ2v) is 4.80. The number of hydrogen-bond donors (Lipinski definition) is 2. The molecule has 2 rings (SSSR count). The van der Waals surface area contributed by atoms with Crippen LogP contribution >= 0.6 is 11.3 Å². The molecule has 16 heavy (non-hydrogen) atoms. The molecule has 0 fully saturated rings. The molecule has 1 aromatic heterocycles. The van der Waals surface area contributed by atoms with Gasteiger partial charge in [-0.3, -0.25) is 4.99 Å². The number of fused-ring (bicyclic) bond motifs is 1. The highest BCUT2D eigenvalue weighted by atomic mass is 32.1. The van der Waals surface area contributed by atoms with Gasteiger partial charge < -0.3 is 15.6 Å². The van der Waals surface area contributed by atoms with Crippen molar-refractivity contribution in [1.82, 2.24) is 0 Å². The van der Waals surface area contributed by atoms with Crippen LogP contribution in [0, 0.1) is 6.92 Å². The number of hydrogen-bond acceptors (Lipinski definition) is 5. The molecule has 1 atom stereocenters. The van der Waals surface area contributed by atoms with Crippen molar-refractivity contribution in [3.05, 3.63) is 21.5 Å². The zero-order valence-corrected chi connectivity index (χ0v) is 10.0. The number of nitrogens with zero attached hydrogens (tertiary/aromatic N) is 1. The topological polar surface area (TPSA) is 67.8 Å². The van der Waals surface area contributed by atoms with Crippen LogP contribution in [0.5, 0.6) is 5.75 Å². The Balaban J connectivity index is 2.50. The summed E-state index contributed by atoms with van der Waals surface area (Å²) in [6, 6.07) is 1.89. The van der Waals surface area contributed by atoms with Gasteiger partial charge in [-0.2, -0.15) is 0 Å². The third kappa shape index (κ3) is 1.83. The van der Waals surface area contributed by atoms with Gasteiger partial charge >= 0.3 is 0 Å². The summed E-state index contributed by atoms with van der Waals surface area (Å²) >= 11 is 1.57. The fourth-order valence-electron chi connectivity index (χ4n) is 1.49. The number of thiophene rings is 1. The lowest BCUT2D eigenvalue weighted by atomic mass is 10.2. The number of ether oxygens (including phenoxy) is 1. The first-order chi connectivity index (χ1) is 7.63. The molecule has 1 aliphatic heterocycles. The summed E-state index contributed by atoms with van der Waals surface area (Å²) in [4.78, 5) is 6.29. The van der Waals surface area contributed by atoms with Crippen LogP contribution in [0.2, 0.25) is 0 Å². The molecule has 1 aromatic rings. The van der Waals surface area contributed by atoms with Gasteiger partial charge in [0, 0.05) is 11.1 Å². The fourth-order valence-corrected chi connectivity index (χ4v) is 2.45. The molecule has 4 nitrogen and oxygen atoms in total. The second kappa shape index (κ2) is 4.27. The Kier molecular flexibility index (Phi) is 2.98. The van der Waals surface area contributed by atoms with E-state index < -0.39 is 6.29 Å². The largest absolute Gasteiger partial charge is 0.458 e. The summed E-state index contributed by atoms with van der Waals surface area (Å²) in [5.41, 5.74) is 6.69. The van der Waals surface area contributed by atoms with Crippen LogP contribution in [-0.2, 0) is 0 Å². The van der Waals surface area contributed by atoms with Gasteiger partial charge in [0.15, 0.2) is 0 Å². The van der Waals surface area contributed by atoms with Crippen LogP contribution in [-0.4, -0.2) is 17.6 Å². The average molecular weight is 238 g/mol. The molecule has 0 saturated heterocycles. The maximum Gasteiger partial charge on any atom is 0.240 e. The van der Waals surface area contributed by atoms with Crippen molar-refractivity contribution in [3.8, 4) is 5.75 Å². The van der Waals surface area contributed by atoms with E-state index in [-0.39, 0.29) is 5.70 Å². The highest BCUT2D eigenvalue weighted by Gasteiger charge is 2.26. The quantitative estimate of drug-likeness (QED) is 0.773. The Morgan fingerprint density at radius 2 is 2.44 bits per heavy atom. The Bertz CT molecular complexity index is 463. The van der Waals surface area contributed by atoms with E-state index >= 15 is 0 Å². The average Bonchev–Trinajstić information content (AvgIpc) is 2.59. The SMILES string of the molecule is CCC=NC1=C(N)C(O)Oc2cc(C)sc21. The summed E-state index contributed by atoms with van der Waals surface area (Å²) < 4.78 is 5.28. The van der Waals surface area contributed by atoms with Crippen LogP contribution in [0.25, 0.3) is 5.70 Å². The van der Waals surface area contributed by atoms with Crippen LogP contribution in [0.15, 0.2) is 16.8 Å². The lowest BCUT2D eigenvalue weighted by Gasteiger charge is -2.21. The van der Waals surface area contributed by atoms with E-state index in [4.69, 9.17) is 10.5 Å². The van der Waals surface area contributed by atoms with Gasteiger partial charge in [0.1, 0.15) is 17.1 Å². The molecule has 1 unspecified atom stereocenters. The number of rotatable bonds is 2. The van der Waals surface area contributed by atoms with Crippen LogP contribution in [0.4, 0.5) is 0 Å². The fraction of sp³-hybridized carbons (Fsp3) is 0.364. The van der Waals surface area contributed by atoms with Crippen molar-refractivity contribution in [2.24, 2.45) is 10.7 Å². The number of nitrogens with two attached hydrogens (primary N) is 1. The molecular formula is C11H14N2O2S. The monoisotopic (exact) mass is 238 g/mol. The van der Waals surface area contributed by atoms with Crippen LogP contribution < -0.4 is 10.5 Å². The van der Waals surface area contributed by atoms with Crippen molar-refractivity contribution in [3.63, 3.8) is 0 Å². The Morgan fingerprint density at radius 1 is 1.69 bits per heavy atom. The standard InChI is InChI=1S/C11H14N2O2S/c1-3-4-13-9-8(12)11(14)15-7-5-6(2)16-10(7)9/h4-5,11,14H,3,12H2,1-2H3. The lowest BCUT2D eigenvalue weighted by Crippen LogP contribution is -2.28. The first-order valence-corrected chi connectivity index (χ1v) is 5.92. The normalized spacial score (nSPS) is 20.1. The molecule has 5 heteroatoms. The van der Waals surface area contributed by atoms with Crippen molar-refractivity contribution in [1.29, 1.82) is 0 Å². The van der Waals surface area contributed by atoms with Gasteiger partial charge in [0.05, 0.1) is 4.88 Å². The van der Waals surface area contributed by atoms with Crippen molar-refractivity contribution >= 4 is 23.2 Å². The number of aliphatic hydroxyl groups is 1. The van der Waals surface area contributed by atoms with Crippen LogP contribution in [0.3, 0.4) is 0 Å². The van der Waals surface area contributed by atoms with Gasteiger partial charge in [-0.05, 0) is 19.4 Å². The van der Waals surface area contributed by atoms with E-state index in [2.05, 4.69) is 4.99 Å². The summed E-state index contributed by atoms with van der Waals surface area (Å²) in [5.74, 6) is 0.660. The molecule has 0 aromatic carbocycles. The summed E-state index contributed by atoms with van der Waals surface area (Å²) in [6.45, 7) is 3.98. The summed E-state index contributed by atoms with van der Waals surface area (Å²) in [6.07, 6.45) is 1.51. The molecule has 0 aliphatic carbocycles. The van der Waals surface area contributed by atoms with E-state index in [0.29, 0.717) is 11.4 Å².